The van der Waals surface area contributed by atoms with E-state index in [1.54, 1.807) is 13.8 Å². The molecule has 0 aliphatic heterocycles. The highest BCUT2D eigenvalue weighted by Crippen LogP contribution is 2.39. The van der Waals surface area contributed by atoms with Crippen LogP contribution < -0.4 is 11.3 Å². The summed E-state index contributed by atoms with van der Waals surface area (Å²) in [6.45, 7) is 15.8. The number of hydrogen-bond donors (Lipinski definition) is 3. The average Bonchev–Trinajstić information content (AvgIpc) is 2.45. The molecule has 25 heavy (non-hydrogen) atoms. The molecule has 0 spiro atoms. The standard InChI is InChI=1S/C17H26O2.C3H8N2O/c1-11(18)8-12-9-13(16(2,3)4)15(19)14(10-12)17(5,6)7;1-2-3(6)5-4/h9-10,19H,8H2,1-7H3;2,4H2,1H3,(H,5,6). The molecule has 0 aromatic heterocycles. The van der Waals surface area contributed by atoms with Gasteiger partial charge in [0.2, 0.25) is 5.91 Å². The molecule has 1 rings (SSSR count). The van der Waals surface area contributed by atoms with E-state index in [2.05, 4.69) is 47.4 Å². The van der Waals surface area contributed by atoms with Gasteiger partial charge in [-0.1, -0.05) is 60.6 Å². The highest BCUT2D eigenvalue weighted by Gasteiger charge is 2.26. The fourth-order valence-electron chi connectivity index (χ4n) is 2.33. The number of carbonyl (C=O) groups excluding carboxylic acids is 2. The molecule has 0 fully saturated rings. The highest BCUT2D eigenvalue weighted by molar-refractivity contribution is 5.78. The maximum Gasteiger partial charge on any atom is 0.233 e. The molecular weight excluding hydrogens is 316 g/mol. The second-order valence-electron chi connectivity index (χ2n) is 8.34. The molecular formula is C20H34N2O3. The maximum absolute atomic E-state index is 11.4. The van der Waals surface area contributed by atoms with Crippen LogP contribution in [-0.4, -0.2) is 16.8 Å². The van der Waals surface area contributed by atoms with Crippen LogP contribution in [0.25, 0.3) is 0 Å². The van der Waals surface area contributed by atoms with Crippen LogP contribution in [0.4, 0.5) is 0 Å². The normalized spacial score (nSPS) is 11.4. The fraction of sp³-hybridized carbons (Fsp3) is 0.600. The molecule has 142 valence electrons. The van der Waals surface area contributed by atoms with E-state index in [-0.39, 0.29) is 22.5 Å². The van der Waals surface area contributed by atoms with Crippen molar-refractivity contribution in [2.24, 2.45) is 5.84 Å². The largest absolute Gasteiger partial charge is 0.507 e. The first-order valence-electron chi connectivity index (χ1n) is 8.59. The number of rotatable bonds is 3. The Morgan fingerprint density at radius 2 is 1.44 bits per heavy atom. The zero-order valence-corrected chi connectivity index (χ0v) is 16.9. The Morgan fingerprint density at radius 3 is 1.64 bits per heavy atom. The lowest BCUT2D eigenvalue weighted by molar-refractivity contribution is -0.120. The lowest BCUT2D eigenvalue weighted by atomic mass is 9.78. The lowest BCUT2D eigenvalue weighted by Crippen LogP contribution is -2.28. The van der Waals surface area contributed by atoms with Crippen LogP contribution in [0.1, 0.15) is 78.5 Å². The van der Waals surface area contributed by atoms with Gasteiger partial charge in [-0.05, 0) is 34.4 Å². The number of nitrogens with two attached hydrogens (primary N) is 1. The van der Waals surface area contributed by atoms with E-state index in [1.165, 1.54) is 0 Å². The van der Waals surface area contributed by atoms with Crippen LogP contribution in [0.3, 0.4) is 0 Å². The molecule has 0 bridgehead atoms. The SMILES string of the molecule is CC(=O)Cc1cc(C(C)(C)C)c(O)c(C(C)(C)C)c1.CCC(=O)NN. The molecule has 1 aromatic carbocycles. The van der Waals surface area contributed by atoms with Crippen molar-refractivity contribution in [3.63, 3.8) is 0 Å². The average molecular weight is 351 g/mol. The summed E-state index contributed by atoms with van der Waals surface area (Å²) >= 11 is 0. The van der Waals surface area contributed by atoms with E-state index < -0.39 is 0 Å². The van der Waals surface area contributed by atoms with Crippen LogP contribution in [0.2, 0.25) is 0 Å². The van der Waals surface area contributed by atoms with Crippen LogP contribution in [0.5, 0.6) is 5.75 Å². The van der Waals surface area contributed by atoms with Gasteiger partial charge >= 0.3 is 0 Å². The number of Topliss-reactive ketones (excluding diaryl/α,β-unsaturated/α-hetero) is 1. The van der Waals surface area contributed by atoms with Gasteiger partial charge in [-0.25, -0.2) is 5.84 Å². The van der Waals surface area contributed by atoms with Crippen molar-refractivity contribution < 1.29 is 14.7 Å². The molecule has 5 heteroatoms. The van der Waals surface area contributed by atoms with Crippen LogP contribution >= 0.6 is 0 Å². The van der Waals surface area contributed by atoms with Crippen molar-refractivity contribution in [3.8, 4) is 5.75 Å². The zero-order chi connectivity index (χ0) is 20.0. The molecule has 1 aromatic rings. The van der Waals surface area contributed by atoms with Gasteiger partial charge < -0.3 is 5.11 Å². The summed E-state index contributed by atoms with van der Waals surface area (Å²) in [5.74, 6) is 5.07. The van der Waals surface area contributed by atoms with Gasteiger partial charge in [0, 0.05) is 12.8 Å². The molecule has 0 unspecified atom stereocenters. The maximum atomic E-state index is 11.4. The predicted octanol–water partition coefficient (Wildman–Crippen LogP) is 3.51. The van der Waals surface area contributed by atoms with E-state index in [9.17, 15) is 14.7 Å². The molecule has 0 atom stereocenters. The molecule has 0 heterocycles. The summed E-state index contributed by atoms with van der Waals surface area (Å²) in [4.78, 5) is 21.3. The number of ketones is 1. The number of benzene rings is 1. The molecule has 0 aliphatic carbocycles. The van der Waals surface area contributed by atoms with Crippen molar-refractivity contribution in [3.05, 3.63) is 28.8 Å². The fourth-order valence-corrected chi connectivity index (χ4v) is 2.33. The quantitative estimate of drug-likeness (QED) is 0.442. The Labute approximate surface area is 152 Å². The molecule has 5 nitrogen and oxygen atoms in total. The number of carbonyl (C=O) groups is 2. The van der Waals surface area contributed by atoms with Crippen molar-refractivity contribution >= 4 is 11.7 Å². The van der Waals surface area contributed by atoms with Gasteiger partial charge in [-0.15, -0.1) is 0 Å². The number of aromatic hydroxyl groups is 1. The van der Waals surface area contributed by atoms with Crippen LogP contribution in [0, 0.1) is 0 Å². The van der Waals surface area contributed by atoms with Gasteiger partial charge in [0.15, 0.2) is 0 Å². The first-order valence-corrected chi connectivity index (χ1v) is 8.59. The molecule has 0 saturated heterocycles. The Kier molecular flexibility index (Phi) is 8.32. The third-order valence-corrected chi connectivity index (χ3v) is 3.72. The number of amides is 1. The predicted molar refractivity (Wildman–Crippen MR) is 103 cm³/mol. The second kappa shape index (κ2) is 8.99. The van der Waals surface area contributed by atoms with Gasteiger partial charge in [0.05, 0.1) is 0 Å². The minimum absolute atomic E-state index is 0.130. The summed E-state index contributed by atoms with van der Waals surface area (Å²) in [5.41, 5.74) is 4.50. The first-order chi connectivity index (χ1) is 11.2. The Balaban J connectivity index is 0.000000823. The summed E-state index contributed by atoms with van der Waals surface area (Å²) in [6.07, 6.45) is 0.878. The topological polar surface area (TPSA) is 92.4 Å². The Bertz CT molecular complexity index is 567. The summed E-state index contributed by atoms with van der Waals surface area (Å²) in [5, 5.41) is 10.5. The van der Waals surface area contributed by atoms with E-state index in [0.717, 1.165) is 16.7 Å². The number of nitrogens with one attached hydrogen (secondary N) is 1. The number of phenolic OH excluding ortho intramolecular Hbond substituents is 1. The van der Waals surface area contributed by atoms with Crippen molar-refractivity contribution in [2.45, 2.75) is 79.1 Å². The summed E-state index contributed by atoms with van der Waals surface area (Å²) in [7, 11) is 0. The van der Waals surface area contributed by atoms with Crippen molar-refractivity contribution in [1.82, 2.24) is 5.43 Å². The minimum atomic E-state index is -0.142. The molecule has 0 saturated carbocycles. The third kappa shape index (κ3) is 7.69. The number of hydrogen-bond acceptors (Lipinski definition) is 4. The van der Waals surface area contributed by atoms with Crippen molar-refractivity contribution in [2.75, 3.05) is 0 Å². The third-order valence-electron chi connectivity index (χ3n) is 3.72. The Morgan fingerprint density at radius 1 is 1.04 bits per heavy atom. The van der Waals surface area contributed by atoms with Gasteiger partial charge in [0.1, 0.15) is 11.5 Å². The van der Waals surface area contributed by atoms with Crippen LogP contribution in [0.15, 0.2) is 12.1 Å². The minimum Gasteiger partial charge on any atom is -0.507 e. The molecule has 0 aliphatic rings. The summed E-state index contributed by atoms with van der Waals surface area (Å²) in [6, 6.07) is 3.93. The molecule has 4 N–H and O–H groups in total. The second-order valence-corrected chi connectivity index (χ2v) is 8.34. The lowest BCUT2D eigenvalue weighted by Gasteiger charge is -2.28. The highest BCUT2D eigenvalue weighted by atomic mass is 16.3. The van der Waals surface area contributed by atoms with Crippen molar-refractivity contribution in [1.29, 1.82) is 0 Å². The number of hydrazine groups is 1. The van der Waals surface area contributed by atoms with Gasteiger partial charge in [0.25, 0.3) is 0 Å². The van der Waals surface area contributed by atoms with Crippen LogP contribution in [-0.2, 0) is 26.8 Å². The van der Waals surface area contributed by atoms with E-state index in [0.29, 0.717) is 18.6 Å². The van der Waals surface area contributed by atoms with E-state index in [4.69, 9.17) is 0 Å². The van der Waals surface area contributed by atoms with Gasteiger partial charge in [-0.2, -0.15) is 0 Å². The number of phenols is 1. The van der Waals surface area contributed by atoms with Gasteiger partial charge in [-0.3, -0.25) is 15.0 Å². The Hall–Kier alpha value is -1.88. The molecule has 0 radical (unpaired) electrons. The summed E-state index contributed by atoms with van der Waals surface area (Å²) < 4.78 is 0. The van der Waals surface area contributed by atoms with E-state index in [1.807, 2.05) is 17.6 Å². The molecule has 1 amide bonds. The smallest absolute Gasteiger partial charge is 0.233 e. The first kappa shape index (κ1) is 23.1. The zero-order valence-electron chi connectivity index (χ0n) is 16.9. The van der Waals surface area contributed by atoms with E-state index >= 15 is 0 Å². The monoisotopic (exact) mass is 350 g/mol.